The lowest BCUT2D eigenvalue weighted by Crippen LogP contribution is -2.20. The van der Waals surface area contributed by atoms with E-state index in [1.165, 1.54) is 5.56 Å². The molecule has 0 amide bonds. The van der Waals surface area contributed by atoms with Crippen LogP contribution in [0.4, 0.5) is 5.69 Å². The van der Waals surface area contributed by atoms with E-state index in [-0.39, 0.29) is 5.88 Å². The summed E-state index contributed by atoms with van der Waals surface area (Å²) in [7, 11) is 0. The van der Waals surface area contributed by atoms with Gasteiger partial charge in [0.05, 0.1) is 12.0 Å². The van der Waals surface area contributed by atoms with Crippen molar-refractivity contribution in [2.75, 3.05) is 17.7 Å². The largest absolute Gasteiger partial charge is 0.390 e. The second kappa shape index (κ2) is 7.47. The zero-order valence-corrected chi connectivity index (χ0v) is 14.0. The molecule has 2 N–H and O–H groups in total. The van der Waals surface area contributed by atoms with E-state index in [0.29, 0.717) is 18.3 Å². The highest BCUT2D eigenvalue weighted by atomic mass is 35.5. The van der Waals surface area contributed by atoms with Gasteiger partial charge >= 0.3 is 0 Å². The van der Waals surface area contributed by atoms with Crippen molar-refractivity contribution in [3.05, 3.63) is 54.1 Å². The SMILES string of the molecule is Cc1ccc(-c2noc(-c3ccc(NCC(O)CCl)cc3)n2)cc1. The monoisotopic (exact) mass is 343 g/mol. The van der Waals surface area contributed by atoms with Crippen LogP contribution in [0, 0.1) is 6.92 Å². The van der Waals surface area contributed by atoms with Gasteiger partial charge in [-0.3, -0.25) is 0 Å². The van der Waals surface area contributed by atoms with E-state index in [1.807, 2.05) is 55.5 Å². The zero-order chi connectivity index (χ0) is 16.9. The highest BCUT2D eigenvalue weighted by Gasteiger charge is 2.10. The van der Waals surface area contributed by atoms with Crippen molar-refractivity contribution < 1.29 is 9.63 Å². The topological polar surface area (TPSA) is 71.2 Å². The number of aliphatic hydroxyl groups excluding tert-OH is 1. The van der Waals surface area contributed by atoms with Gasteiger partial charge in [0.1, 0.15) is 0 Å². The second-order valence-corrected chi connectivity index (χ2v) is 5.86. The van der Waals surface area contributed by atoms with E-state index in [0.717, 1.165) is 16.8 Å². The molecule has 0 saturated heterocycles. The molecule has 1 unspecified atom stereocenters. The number of hydrogen-bond donors (Lipinski definition) is 2. The number of nitrogens with one attached hydrogen (secondary N) is 1. The summed E-state index contributed by atoms with van der Waals surface area (Å²) >= 11 is 5.57. The van der Waals surface area contributed by atoms with Crippen LogP contribution in [0.5, 0.6) is 0 Å². The maximum atomic E-state index is 9.45. The third kappa shape index (κ3) is 3.93. The molecule has 3 aromatic rings. The molecule has 6 heteroatoms. The fourth-order valence-corrected chi connectivity index (χ4v) is 2.29. The second-order valence-electron chi connectivity index (χ2n) is 5.56. The van der Waals surface area contributed by atoms with Gasteiger partial charge in [-0.2, -0.15) is 4.98 Å². The van der Waals surface area contributed by atoms with E-state index < -0.39 is 6.10 Å². The summed E-state index contributed by atoms with van der Waals surface area (Å²) in [5.74, 6) is 1.24. The van der Waals surface area contributed by atoms with E-state index in [9.17, 15) is 5.11 Å². The average Bonchev–Trinajstić information content (AvgIpc) is 3.11. The number of aryl methyl sites for hydroxylation is 1. The third-order valence-corrected chi connectivity index (χ3v) is 3.94. The molecule has 2 aromatic carbocycles. The number of alkyl halides is 1. The fraction of sp³-hybridized carbons (Fsp3) is 0.222. The van der Waals surface area contributed by atoms with Crippen LogP contribution in [0.2, 0.25) is 0 Å². The molecule has 0 saturated carbocycles. The van der Waals surface area contributed by atoms with Gasteiger partial charge < -0.3 is 14.9 Å². The van der Waals surface area contributed by atoms with Crippen molar-refractivity contribution in [3.63, 3.8) is 0 Å². The molecule has 24 heavy (non-hydrogen) atoms. The smallest absolute Gasteiger partial charge is 0.258 e. The van der Waals surface area contributed by atoms with Gasteiger partial charge in [0.25, 0.3) is 5.89 Å². The van der Waals surface area contributed by atoms with Crippen LogP contribution in [-0.2, 0) is 0 Å². The van der Waals surface area contributed by atoms with Crippen LogP contribution in [0.15, 0.2) is 53.1 Å². The normalized spacial score (nSPS) is 12.1. The maximum Gasteiger partial charge on any atom is 0.258 e. The number of aliphatic hydroxyl groups is 1. The molecule has 0 radical (unpaired) electrons. The summed E-state index contributed by atoms with van der Waals surface area (Å²) in [4.78, 5) is 4.44. The Hall–Kier alpha value is -2.37. The Labute approximate surface area is 145 Å². The lowest BCUT2D eigenvalue weighted by molar-refractivity contribution is 0.211. The molecule has 1 heterocycles. The molecule has 0 spiro atoms. The molecule has 0 bridgehead atoms. The Balaban J connectivity index is 1.72. The molecule has 0 aliphatic rings. The van der Waals surface area contributed by atoms with Gasteiger partial charge in [0, 0.05) is 23.4 Å². The van der Waals surface area contributed by atoms with Crippen molar-refractivity contribution in [3.8, 4) is 22.8 Å². The van der Waals surface area contributed by atoms with E-state index >= 15 is 0 Å². The highest BCUT2D eigenvalue weighted by molar-refractivity contribution is 6.18. The van der Waals surface area contributed by atoms with Crippen LogP contribution in [-0.4, -0.2) is 33.8 Å². The number of aromatic nitrogens is 2. The Morgan fingerprint density at radius 1 is 1.08 bits per heavy atom. The van der Waals surface area contributed by atoms with Crippen molar-refractivity contribution in [2.24, 2.45) is 0 Å². The first-order valence-electron chi connectivity index (χ1n) is 7.65. The molecular weight excluding hydrogens is 326 g/mol. The fourth-order valence-electron chi connectivity index (χ4n) is 2.18. The first kappa shape index (κ1) is 16.5. The van der Waals surface area contributed by atoms with Crippen LogP contribution in [0.1, 0.15) is 5.56 Å². The quantitative estimate of drug-likeness (QED) is 0.667. The van der Waals surface area contributed by atoms with Crippen molar-refractivity contribution >= 4 is 17.3 Å². The van der Waals surface area contributed by atoms with Gasteiger partial charge in [-0.15, -0.1) is 11.6 Å². The van der Waals surface area contributed by atoms with Crippen LogP contribution in [0.25, 0.3) is 22.8 Å². The summed E-state index contributed by atoms with van der Waals surface area (Å²) in [5.41, 5.74) is 3.83. The Morgan fingerprint density at radius 3 is 2.42 bits per heavy atom. The molecule has 0 aliphatic carbocycles. The summed E-state index contributed by atoms with van der Waals surface area (Å²) in [6.45, 7) is 2.44. The number of halogens is 1. The standard InChI is InChI=1S/C18H18ClN3O2/c1-12-2-4-13(5-3-12)17-21-18(24-22-17)14-6-8-15(9-7-14)20-11-16(23)10-19/h2-9,16,20,23H,10-11H2,1H3. The van der Waals surface area contributed by atoms with Crippen LogP contribution >= 0.6 is 11.6 Å². The van der Waals surface area contributed by atoms with E-state index in [2.05, 4.69) is 15.5 Å². The third-order valence-electron chi connectivity index (χ3n) is 3.59. The predicted octanol–water partition coefficient (Wildman–Crippen LogP) is 3.72. The average molecular weight is 344 g/mol. The van der Waals surface area contributed by atoms with Crippen molar-refractivity contribution in [2.45, 2.75) is 13.0 Å². The Bertz CT molecular complexity index is 785. The number of hydrogen-bond acceptors (Lipinski definition) is 5. The maximum absolute atomic E-state index is 9.45. The number of rotatable bonds is 6. The zero-order valence-electron chi connectivity index (χ0n) is 13.2. The lowest BCUT2D eigenvalue weighted by Gasteiger charge is -2.09. The van der Waals surface area contributed by atoms with Gasteiger partial charge in [0.15, 0.2) is 0 Å². The Morgan fingerprint density at radius 2 is 1.75 bits per heavy atom. The molecule has 5 nitrogen and oxygen atoms in total. The van der Waals surface area contributed by atoms with Crippen LogP contribution in [0.3, 0.4) is 0 Å². The number of benzene rings is 2. The molecule has 0 aliphatic heterocycles. The van der Waals surface area contributed by atoms with Crippen molar-refractivity contribution in [1.82, 2.24) is 10.1 Å². The van der Waals surface area contributed by atoms with Gasteiger partial charge in [-0.1, -0.05) is 35.0 Å². The summed E-state index contributed by atoms with van der Waals surface area (Å²) in [5, 5.41) is 16.6. The first-order chi connectivity index (χ1) is 11.7. The minimum absolute atomic E-state index is 0.203. The first-order valence-corrected chi connectivity index (χ1v) is 8.18. The molecule has 1 atom stereocenters. The van der Waals surface area contributed by atoms with Crippen molar-refractivity contribution in [1.29, 1.82) is 0 Å². The van der Waals surface area contributed by atoms with Crippen LogP contribution < -0.4 is 5.32 Å². The highest BCUT2D eigenvalue weighted by Crippen LogP contribution is 2.23. The molecule has 1 aromatic heterocycles. The molecule has 124 valence electrons. The predicted molar refractivity (Wildman–Crippen MR) is 95.1 cm³/mol. The van der Waals surface area contributed by atoms with Gasteiger partial charge in [-0.05, 0) is 31.2 Å². The number of nitrogens with zero attached hydrogens (tertiary/aromatic N) is 2. The summed E-state index contributed by atoms with van der Waals surface area (Å²) < 4.78 is 5.35. The summed E-state index contributed by atoms with van der Waals surface area (Å²) in [6.07, 6.45) is -0.570. The van der Waals surface area contributed by atoms with E-state index in [1.54, 1.807) is 0 Å². The summed E-state index contributed by atoms with van der Waals surface area (Å²) in [6, 6.07) is 15.5. The van der Waals surface area contributed by atoms with E-state index in [4.69, 9.17) is 16.1 Å². The minimum Gasteiger partial charge on any atom is -0.390 e. The Kier molecular flexibility index (Phi) is 5.13. The van der Waals surface area contributed by atoms with Gasteiger partial charge in [0.2, 0.25) is 5.82 Å². The number of anilines is 1. The molecule has 0 fully saturated rings. The molecular formula is C18H18ClN3O2. The molecule has 3 rings (SSSR count). The lowest BCUT2D eigenvalue weighted by atomic mass is 10.1. The van der Waals surface area contributed by atoms with Gasteiger partial charge in [-0.25, -0.2) is 0 Å². The minimum atomic E-state index is -0.570.